The summed E-state index contributed by atoms with van der Waals surface area (Å²) in [5.41, 5.74) is 2.03. The lowest BCUT2D eigenvalue weighted by atomic mass is 10.1. The Kier molecular flexibility index (Phi) is 5.85. The molecular weight excluding hydrogens is 258 g/mol. The fourth-order valence-corrected chi connectivity index (χ4v) is 2.84. The van der Waals surface area contributed by atoms with Crippen LogP contribution >= 0.6 is 0 Å². The Bertz CT molecular complexity index is 503. The van der Waals surface area contributed by atoms with Gasteiger partial charge >= 0.3 is 0 Å². The smallest absolute Gasteiger partial charge is 0.175 e. The monoisotopic (exact) mass is 283 g/mol. The lowest BCUT2D eigenvalue weighted by Crippen LogP contribution is -2.19. The average Bonchev–Trinajstić information content (AvgIpc) is 2.31. The lowest BCUT2D eigenvalue weighted by molar-refractivity contribution is 0.585. The van der Waals surface area contributed by atoms with Crippen molar-refractivity contribution >= 4 is 15.5 Å². The molecule has 0 heterocycles. The molecule has 1 N–H and O–H groups in total. The fourth-order valence-electron chi connectivity index (χ4n) is 2.19. The molecule has 3 nitrogen and oxygen atoms in total. The van der Waals surface area contributed by atoms with E-state index in [-0.39, 0.29) is 0 Å². The molecule has 0 fully saturated rings. The third-order valence-corrected chi connectivity index (χ3v) is 4.38. The van der Waals surface area contributed by atoms with Gasteiger partial charge in [-0.2, -0.15) is 0 Å². The molecule has 0 atom stereocenters. The minimum atomic E-state index is -3.14. The van der Waals surface area contributed by atoms with Gasteiger partial charge in [-0.1, -0.05) is 32.8 Å². The zero-order chi connectivity index (χ0) is 14.5. The zero-order valence-electron chi connectivity index (χ0n) is 12.4. The number of anilines is 1. The van der Waals surface area contributed by atoms with Crippen molar-refractivity contribution in [2.75, 3.05) is 11.6 Å². The first kappa shape index (κ1) is 16.0. The molecule has 0 saturated carbocycles. The first-order chi connectivity index (χ1) is 8.88. The Morgan fingerprint density at radius 1 is 1.16 bits per heavy atom. The number of rotatable bonds is 7. The van der Waals surface area contributed by atoms with Crippen molar-refractivity contribution in [3.05, 3.63) is 23.8 Å². The maximum Gasteiger partial charge on any atom is 0.175 e. The molecule has 1 aromatic rings. The summed E-state index contributed by atoms with van der Waals surface area (Å²) in [6.07, 6.45) is 5.72. The van der Waals surface area contributed by atoms with Crippen molar-refractivity contribution in [1.29, 1.82) is 0 Å². The van der Waals surface area contributed by atoms with E-state index < -0.39 is 9.84 Å². The van der Waals surface area contributed by atoms with Crippen LogP contribution in [0.2, 0.25) is 0 Å². The molecule has 0 saturated heterocycles. The highest BCUT2D eigenvalue weighted by molar-refractivity contribution is 7.90. The molecule has 4 heteroatoms. The Labute approximate surface area is 117 Å². The van der Waals surface area contributed by atoms with E-state index in [4.69, 9.17) is 0 Å². The van der Waals surface area contributed by atoms with Gasteiger partial charge in [-0.25, -0.2) is 8.42 Å². The van der Waals surface area contributed by atoms with E-state index in [1.54, 1.807) is 12.1 Å². The van der Waals surface area contributed by atoms with Crippen molar-refractivity contribution in [3.8, 4) is 0 Å². The summed E-state index contributed by atoms with van der Waals surface area (Å²) >= 11 is 0. The molecular formula is C15H25NO2S. The van der Waals surface area contributed by atoms with Crippen molar-refractivity contribution in [1.82, 2.24) is 0 Å². The van der Waals surface area contributed by atoms with Gasteiger partial charge in [-0.05, 0) is 37.5 Å². The second-order valence-corrected chi connectivity index (χ2v) is 7.18. The second kappa shape index (κ2) is 6.94. The molecule has 1 aromatic carbocycles. The highest BCUT2D eigenvalue weighted by Gasteiger charge is 2.12. The van der Waals surface area contributed by atoms with Crippen LogP contribution in [-0.2, 0) is 9.84 Å². The number of sulfone groups is 1. The topological polar surface area (TPSA) is 46.2 Å². The van der Waals surface area contributed by atoms with Gasteiger partial charge in [0, 0.05) is 18.0 Å². The largest absolute Gasteiger partial charge is 0.382 e. The molecule has 0 aliphatic carbocycles. The molecule has 1 rings (SSSR count). The second-order valence-electron chi connectivity index (χ2n) is 5.17. The Hall–Kier alpha value is -1.03. The van der Waals surface area contributed by atoms with Gasteiger partial charge in [0.05, 0.1) is 4.90 Å². The summed E-state index contributed by atoms with van der Waals surface area (Å²) in [6.45, 7) is 6.34. The van der Waals surface area contributed by atoms with Gasteiger partial charge in [0.1, 0.15) is 0 Å². The van der Waals surface area contributed by atoms with E-state index >= 15 is 0 Å². The van der Waals surface area contributed by atoms with Crippen molar-refractivity contribution < 1.29 is 8.42 Å². The standard InChI is InChI=1S/C15H25NO2S/c1-5-7-13(8-6-2)16-15-11-14(19(4,17)18)10-9-12(15)3/h9-11,13,16H,5-8H2,1-4H3. The van der Waals surface area contributed by atoms with Crippen LogP contribution in [0.1, 0.15) is 45.1 Å². The summed E-state index contributed by atoms with van der Waals surface area (Å²) < 4.78 is 23.2. The molecule has 108 valence electrons. The Morgan fingerprint density at radius 2 is 1.74 bits per heavy atom. The predicted octanol–water partition coefficient (Wildman–Crippen LogP) is 3.78. The molecule has 19 heavy (non-hydrogen) atoms. The SMILES string of the molecule is CCCC(CCC)Nc1cc(S(C)(=O)=O)ccc1C. The van der Waals surface area contributed by atoms with Crippen LogP contribution in [0, 0.1) is 6.92 Å². The number of hydrogen-bond donors (Lipinski definition) is 1. The van der Waals surface area contributed by atoms with E-state index in [1.807, 2.05) is 13.0 Å². The summed E-state index contributed by atoms with van der Waals surface area (Å²) in [5, 5.41) is 3.50. The summed E-state index contributed by atoms with van der Waals surface area (Å²) in [4.78, 5) is 0.382. The van der Waals surface area contributed by atoms with Gasteiger partial charge in [0.15, 0.2) is 9.84 Å². The van der Waals surface area contributed by atoms with Gasteiger partial charge in [0.2, 0.25) is 0 Å². The molecule has 0 unspecified atom stereocenters. The van der Waals surface area contributed by atoms with E-state index in [0.29, 0.717) is 10.9 Å². The molecule has 0 bridgehead atoms. The highest BCUT2D eigenvalue weighted by Crippen LogP contribution is 2.22. The maximum atomic E-state index is 11.6. The lowest BCUT2D eigenvalue weighted by Gasteiger charge is -2.20. The zero-order valence-corrected chi connectivity index (χ0v) is 13.2. The third kappa shape index (κ3) is 4.86. The number of benzene rings is 1. The number of hydrogen-bond acceptors (Lipinski definition) is 3. The predicted molar refractivity (Wildman–Crippen MR) is 81.5 cm³/mol. The van der Waals surface area contributed by atoms with Gasteiger partial charge in [0.25, 0.3) is 0 Å². The maximum absolute atomic E-state index is 11.6. The van der Waals surface area contributed by atoms with Crippen LogP contribution < -0.4 is 5.32 Å². The van der Waals surface area contributed by atoms with E-state index in [9.17, 15) is 8.42 Å². The van der Waals surface area contributed by atoms with Crippen molar-refractivity contribution in [2.24, 2.45) is 0 Å². The first-order valence-corrected chi connectivity index (χ1v) is 8.84. The van der Waals surface area contributed by atoms with Crippen molar-refractivity contribution in [3.63, 3.8) is 0 Å². The van der Waals surface area contributed by atoms with Crippen LogP contribution in [0.3, 0.4) is 0 Å². The van der Waals surface area contributed by atoms with Crippen LogP contribution in [0.5, 0.6) is 0 Å². The van der Waals surface area contributed by atoms with E-state index in [2.05, 4.69) is 19.2 Å². The van der Waals surface area contributed by atoms with Crippen LogP contribution in [0.25, 0.3) is 0 Å². The first-order valence-electron chi connectivity index (χ1n) is 6.95. The summed E-state index contributed by atoms with van der Waals surface area (Å²) in [5.74, 6) is 0. The minimum Gasteiger partial charge on any atom is -0.382 e. The van der Waals surface area contributed by atoms with Gasteiger partial charge < -0.3 is 5.32 Å². The minimum absolute atomic E-state index is 0.382. The summed E-state index contributed by atoms with van der Waals surface area (Å²) in [6, 6.07) is 5.71. The van der Waals surface area contributed by atoms with Crippen LogP contribution in [0.4, 0.5) is 5.69 Å². The molecule has 0 aromatic heterocycles. The van der Waals surface area contributed by atoms with Gasteiger partial charge in [-0.15, -0.1) is 0 Å². The average molecular weight is 283 g/mol. The number of nitrogens with one attached hydrogen (secondary N) is 1. The third-order valence-electron chi connectivity index (χ3n) is 3.27. The Balaban J connectivity index is 2.98. The molecule has 0 aliphatic rings. The van der Waals surface area contributed by atoms with Gasteiger partial charge in [-0.3, -0.25) is 0 Å². The quantitative estimate of drug-likeness (QED) is 0.828. The molecule has 0 spiro atoms. The summed E-state index contributed by atoms with van der Waals surface area (Å²) in [7, 11) is -3.14. The van der Waals surface area contributed by atoms with Crippen molar-refractivity contribution in [2.45, 2.75) is 57.4 Å². The normalized spacial score (nSPS) is 11.8. The highest BCUT2D eigenvalue weighted by atomic mass is 32.2. The van der Waals surface area contributed by atoms with Crippen LogP contribution in [0.15, 0.2) is 23.1 Å². The van der Waals surface area contributed by atoms with Crippen LogP contribution in [-0.4, -0.2) is 20.7 Å². The molecule has 0 aliphatic heterocycles. The van der Waals surface area contributed by atoms with E-state index in [0.717, 1.165) is 36.9 Å². The Morgan fingerprint density at radius 3 is 2.21 bits per heavy atom. The molecule has 0 amide bonds. The number of aryl methyl sites for hydroxylation is 1. The fraction of sp³-hybridized carbons (Fsp3) is 0.600. The van der Waals surface area contributed by atoms with E-state index in [1.165, 1.54) is 6.26 Å². The molecule has 0 radical (unpaired) electrons.